The predicted molar refractivity (Wildman–Crippen MR) is 89.3 cm³/mol. The molecular formula is C17H23N5O2. The molecule has 2 fully saturated rings. The summed E-state index contributed by atoms with van der Waals surface area (Å²) in [6.45, 7) is 3.34. The van der Waals surface area contributed by atoms with Gasteiger partial charge in [0.05, 0.1) is 11.6 Å². The van der Waals surface area contributed by atoms with Gasteiger partial charge >= 0.3 is 0 Å². The van der Waals surface area contributed by atoms with Gasteiger partial charge in [0.2, 0.25) is 5.91 Å². The molecule has 2 heterocycles. The van der Waals surface area contributed by atoms with Crippen LogP contribution in [-0.2, 0) is 11.3 Å². The predicted octanol–water partition coefficient (Wildman–Crippen LogP) is 0.489. The molecule has 128 valence electrons. The third-order valence-electron chi connectivity index (χ3n) is 5.29. The molecular weight excluding hydrogens is 306 g/mol. The maximum Gasteiger partial charge on any atom is 0.244 e. The zero-order valence-electron chi connectivity index (χ0n) is 13.7. The fourth-order valence-electron chi connectivity index (χ4n) is 3.91. The molecule has 0 unspecified atom stereocenters. The van der Waals surface area contributed by atoms with E-state index in [0.717, 1.165) is 43.4 Å². The lowest BCUT2D eigenvalue weighted by molar-refractivity contribution is -0.134. The number of aliphatic hydroxyl groups excluding tert-OH is 1. The number of aliphatic hydroxyl groups is 1. The van der Waals surface area contributed by atoms with Crippen molar-refractivity contribution in [1.82, 2.24) is 24.8 Å². The number of hydrogen-bond donors (Lipinski definition) is 1. The van der Waals surface area contributed by atoms with Crippen molar-refractivity contribution in [3.05, 3.63) is 24.3 Å². The van der Waals surface area contributed by atoms with Crippen molar-refractivity contribution in [3.8, 4) is 0 Å². The Labute approximate surface area is 140 Å². The van der Waals surface area contributed by atoms with Crippen LogP contribution in [0.2, 0.25) is 0 Å². The fraction of sp³-hybridized carbons (Fsp3) is 0.588. The Morgan fingerprint density at radius 1 is 1.17 bits per heavy atom. The van der Waals surface area contributed by atoms with Crippen LogP contribution in [0.4, 0.5) is 0 Å². The third kappa shape index (κ3) is 2.89. The average molecular weight is 329 g/mol. The molecule has 1 aromatic carbocycles. The van der Waals surface area contributed by atoms with Crippen molar-refractivity contribution in [3.63, 3.8) is 0 Å². The van der Waals surface area contributed by atoms with Crippen LogP contribution >= 0.6 is 0 Å². The van der Waals surface area contributed by atoms with E-state index in [1.54, 1.807) is 4.68 Å². The lowest BCUT2D eigenvalue weighted by Gasteiger charge is -2.39. The average Bonchev–Trinajstić information content (AvgIpc) is 3.22. The Kier molecular flexibility index (Phi) is 4.20. The number of rotatable bonds is 3. The van der Waals surface area contributed by atoms with Crippen molar-refractivity contribution in [2.24, 2.45) is 0 Å². The Morgan fingerprint density at radius 3 is 2.71 bits per heavy atom. The summed E-state index contributed by atoms with van der Waals surface area (Å²) in [6.07, 6.45) is 2.88. The Hall–Kier alpha value is -1.99. The molecule has 1 N–H and O–H groups in total. The maximum absolute atomic E-state index is 12.6. The quantitative estimate of drug-likeness (QED) is 0.887. The molecule has 2 aliphatic rings. The summed E-state index contributed by atoms with van der Waals surface area (Å²) < 4.78 is 1.67. The highest BCUT2D eigenvalue weighted by molar-refractivity contribution is 5.79. The van der Waals surface area contributed by atoms with Crippen LogP contribution in [0, 0.1) is 0 Å². The Balaban J connectivity index is 1.36. The number of carbonyl (C=O) groups excluding carboxylic acids is 1. The van der Waals surface area contributed by atoms with E-state index in [-0.39, 0.29) is 24.6 Å². The van der Waals surface area contributed by atoms with E-state index in [9.17, 15) is 9.90 Å². The summed E-state index contributed by atoms with van der Waals surface area (Å²) in [7, 11) is 0. The van der Waals surface area contributed by atoms with Gasteiger partial charge in [0.1, 0.15) is 12.1 Å². The van der Waals surface area contributed by atoms with Gasteiger partial charge < -0.3 is 10.0 Å². The van der Waals surface area contributed by atoms with Gasteiger partial charge in [-0.05, 0) is 31.4 Å². The topological polar surface area (TPSA) is 74.5 Å². The first-order valence-electron chi connectivity index (χ1n) is 8.70. The molecule has 2 aromatic rings. The zero-order valence-corrected chi connectivity index (χ0v) is 13.7. The minimum absolute atomic E-state index is 0.0808. The minimum atomic E-state index is -0.200. The van der Waals surface area contributed by atoms with E-state index in [1.165, 1.54) is 0 Å². The van der Waals surface area contributed by atoms with E-state index < -0.39 is 0 Å². The number of aromatic nitrogens is 3. The second kappa shape index (κ2) is 6.49. The van der Waals surface area contributed by atoms with Crippen LogP contribution in [0.3, 0.4) is 0 Å². The second-order valence-corrected chi connectivity index (χ2v) is 6.72. The van der Waals surface area contributed by atoms with Crippen molar-refractivity contribution < 1.29 is 9.90 Å². The Bertz CT molecular complexity index is 723. The molecule has 1 amide bonds. The van der Waals surface area contributed by atoms with Crippen molar-refractivity contribution >= 4 is 16.9 Å². The minimum Gasteiger partial charge on any atom is -0.391 e. The fourth-order valence-corrected chi connectivity index (χ4v) is 3.91. The molecule has 4 rings (SSSR count). The lowest BCUT2D eigenvalue weighted by Crippen LogP contribution is -2.54. The molecule has 24 heavy (non-hydrogen) atoms. The molecule has 7 nitrogen and oxygen atoms in total. The van der Waals surface area contributed by atoms with Crippen LogP contribution in [0.1, 0.15) is 19.3 Å². The summed E-state index contributed by atoms with van der Waals surface area (Å²) in [4.78, 5) is 16.8. The maximum atomic E-state index is 12.6. The first kappa shape index (κ1) is 15.5. The Morgan fingerprint density at radius 2 is 1.96 bits per heavy atom. The molecule has 1 aliphatic heterocycles. The van der Waals surface area contributed by atoms with E-state index in [2.05, 4.69) is 15.2 Å². The number of carbonyl (C=O) groups is 1. The van der Waals surface area contributed by atoms with E-state index in [0.29, 0.717) is 13.1 Å². The van der Waals surface area contributed by atoms with Gasteiger partial charge in [-0.2, -0.15) is 0 Å². The van der Waals surface area contributed by atoms with Gasteiger partial charge in [0.15, 0.2) is 0 Å². The van der Waals surface area contributed by atoms with Crippen LogP contribution < -0.4 is 0 Å². The number of amides is 1. The van der Waals surface area contributed by atoms with Gasteiger partial charge in [0, 0.05) is 32.2 Å². The SMILES string of the molecule is O=C(Cn1nnc2ccccc21)N1CCN([C@H]2CCC[C@@H]2O)CC1. The number of para-hydroxylation sites is 1. The van der Waals surface area contributed by atoms with E-state index >= 15 is 0 Å². The van der Waals surface area contributed by atoms with Gasteiger partial charge in [-0.25, -0.2) is 4.68 Å². The second-order valence-electron chi connectivity index (χ2n) is 6.72. The highest BCUT2D eigenvalue weighted by atomic mass is 16.3. The summed E-state index contributed by atoms with van der Waals surface area (Å²) in [5.74, 6) is 0.0808. The number of nitrogens with zero attached hydrogens (tertiary/aromatic N) is 5. The smallest absolute Gasteiger partial charge is 0.244 e. The number of hydrogen-bond acceptors (Lipinski definition) is 5. The van der Waals surface area contributed by atoms with E-state index in [1.807, 2.05) is 29.2 Å². The highest BCUT2D eigenvalue weighted by Crippen LogP contribution is 2.25. The summed E-state index contributed by atoms with van der Waals surface area (Å²) >= 11 is 0. The molecule has 1 saturated carbocycles. The normalized spacial score (nSPS) is 25.5. The third-order valence-corrected chi connectivity index (χ3v) is 5.29. The molecule has 0 spiro atoms. The largest absolute Gasteiger partial charge is 0.391 e. The van der Waals surface area contributed by atoms with E-state index in [4.69, 9.17) is 0 Å². The van der Waals surface area contributed by atoms with Gasteiger partial charge in [-0.15, -0.1) is 5.10 Å². The summed E-state index contributed by atoms with van der Waals surface area (Å²) in [5.41, 5.74) is 1.70. The monoisotopic (exact) mass is 329 g/mol. The molecule has 1 saturated heterocycles. The van der Waals surface area contributed by atoms with Crippen molar-refractivity contribution in [2.45, 2.75) is 38.0 Å². The van der Waals surface area contributed by atoms with Crippen LogP contribution in [-0.4, -0.2) is 74.1 Å². The van der Waals surface area contributed by atoms with Gasteiger partial charge in [0.25, 0.3) is 0 Å². The van der Waals surface area contributed by atoms with Crippen LogP contribution in [0.15, 0.2) is 24.3 Å². The number of benzene rings is 1. The lowest BCUT2D eigenvalue weighted by atomic mass is 10.1. The number of fused-ring (bicyclic) bond motifs is 1. The molecule has 0 radical (unpaired) electrons. The molecule has 1 aromatic heterocycles. The van der Waals surface area contributed by atoms with Crippen molar-refractivity contribution in [2.75, 3.05) is 26.2 Å². The van der Waals surface area contributed by atoms with Gasteiger partial charge in [-0.1, -0.05) is 17.3 Å². The summed E-state index contributed by atoms with van der Waals surface area (Å²) in [6, 6.07) is 7.95. The van der Waals surface area contributed by atoms with Gasteiger partial charge in [-0.3, -0.25) is 9.69 Å². The molecule has 2 atom stereocenters. The summed E-state index contributed by atoms with van der Waals surface area (Å²) in [5, 5.41) is 18.2. The number of piperazine rings is 1. The molecule has 1 aliphatic carbocycles. The first-order valence-corrected chi connectivity index (χ1v) is 8.70. The molecule has 0 bridgehead atoms. The van der Waals surface area contributed by atoms with Crippen LogP contribution in [0.25, 0.3) is 11.0 Å². The van der Waals surface area contributed by atoms with Crippen molar-refractivity contribution in [1.29, 1.82) is 0 Å². The zero-order chi connectivity index (χ0) is 16.5. The standard InChI is InChI=1S/C17H23N5O2/c23-16-7-3-6-15(16)20-8-10-21(11-9-20)17(24)12-22-14-5-2-1-4-13(14)18-19-22/h1-2,4-5,15-16,23H,3,6-12H2/t15-,16-/m0/s1. The van der Waals surface area contributed by atoms with Crippen LogP contribution in [0.5, 0.6) is 0 Å². The first-order chi connectivity index (χ1) is 11.7. The highest BCUT2D eigenvalue weighted by Gasteiger charge is 2.33. The molecule has 7 heteroatoms.